The van der Waals surface area contributed by atoms with Crippen LogP contribution in [0.3, 0.4) is 0 Å². The first-order valence-corrected chi connectivity index (χ1v) is 12.5. The lowest BCUT2D eigenvalue weighted by Crippen LogP contribution is -2.30. The lowest BCUT2D eigenvalue weighted by Gasteiger charge is -2.42. The van der Waals surface area contributed by atoms with Crippen molar-refractivity contribution in [1.29, 1.82) is 0 Å². The number of fused-ring (bicyclic) bond motifs is 1. The van der Waals surface area contributed by atoms with Crippen LogP contribution in [-0.2, 0) is 0 Å². The van der Waals surface area contributed by atoms with Crippen molar-refractivity contribution in [3.05, 3.63) is 35.6 Å². The molecule has 0 saturated heterocycles. The number of halogens is 1. The van der Waals surface area contributed by atoms with E-state index in [2.05, 4.69) is 13.0 Å². The van der Waals surface area contributed by atoms with Gasteiger partial charge >= 0.3 is 0 Å². The van der Waals surface area contributed by atoms with E-state index >= 15 is 0 Å². The van der Waals surface area contributed by atoms with E-state index in [1.807, 2.05) is 6.07 Å². The smallest absolute Gasteiger partial charge is 0.123 e. The summed E-state index contributed by atoms with van der Waals surface area (Å²) in [6, 6.07) is 7.40. The van der Waals surface area contributed by atoms with Crippen LogP contribution in [0.1, 0.15) is 108 Å². The summed E-state index contributed by atoms with van der Waals surface area (Å²) >= 11 is 0. The molecule has 0 nitrogen and oxygen atoms in total. The van der Waals surface area contributed by atoms with Gasteiger partial charge in [0.25, 0.3) is 0 Å². The number of benzene rings is 1. The van der Waals surface area contributed by atoms with Gasteiger partial charge in [0.1, 0.15) is 5.82 Å². The van der Waals surface area contributed by atoms with Crippen LogP contribution < -0.4 is 0 Å². The Labute approximate surface area is 172 Å². The first kappa shape index (κ1) is 20.4. The average molecular weight is 385 g/mol. The molecule has 28 heavy (non-hydrogen) atoms. The Kier molecular flexibility index (Phi) is 7.13. The molecule has 0 aromatic heterocycles. The fourth-order valence-corrected chi connectivity index (χ4v) is 7.00. The molecule has 3 fully saturated rings. The summed E-state index contributed by atoms with van der Waals surface area (Å²) in [5, 5.41) is 0. The van der Waals surface area contributed by atoms with E-state index in [0.29, 0.717) is 5.92 Å². The van der Waals surface area contributed by atoms with Crippen LogP contribution in [0.2, 0.25) is 0 Å². The molecule has 3 aliphatic rings. The van der Waals surface area contributed by atoms with Gasteiger partial charge in [-0.15, -0.1) is 0 Å². The Hall–Kier alpha value is -0.850. The monoisotopic (exact) mass is 384 g/mol. The molecule has 156 valence electrons. The van der Waals surface area contributed by atoms with Gasteiger partial charge in [0.2, 0.25) is 0 Å². The van der Waals surface area contributed by atoms with Crippen molar-refractivity contribution in [3.8, 4) is 0 Å². The highest BCUT2D eigenvalue weighted by Crippen LogP contribution is 2.48. The van der Waals surface area contributed by atoms with Crippen molar-refractivity contribution in [2.45, 2.75) is 103 Å². The summed E-state index contributed by atoms with van der Waals surface area (Å²) in [4.78, 5) is 0. The quantitative estimate of drug-likeness (QED) is 0.461. The molecule has 1 aromatic rings. The zero-order valence-electron chi connectivity index (χ0n) is 18.1. The zero-order valence-corrected chi connectivity index (χ0v) is 18.1. The van der Waals surface area contributed by atoms with Gasteiger partial charge in [-0.05, 0) is 85.3 Å². The van der Waals surface area contributed by atoms with Gasteiger partial charge in [0.15, 0.2) is 0 Å². The highest BCUT2D eigenvalue weighted by Gasteiger charge is 2.36. The van der Waals surface area contributed by atoms with Crippen LogP contribution in [0.25, 0.3) is 0 Å². The lowest BCUT2D eigenvalue weighted by molar-refractivity contribution is 0.108. The van der Waals surface area contributed by atoms with Gasteiger partial charge in [-0.25, -0.2) is 4.39 Å². The molecular weight excluding hydrogens is 343 g/mol. The van der Waals surface area contributed by atoms with E-state index in [4.69, 9.17) is 0 Å². The van der Waals surface area contributed by atoms with Crippen LogP contribution in [-0.4, -0.2) is 0 Å². The number of rotatable bonds is 6. The van der Waals surface area contributed by atoms with Gasteiger partial charge < -0.3 is 0 Å². The molecule has 4 rings (SSSR count). The van der Waals surface area contributed by atoms with E-state index in [-0.39, 0.29) is 5.82 Å². The molecule has 0 bridgehead atoms. The van der Waals surface area contributed by atoms with Crippen molar-refractivity contribution < 1.29 is 4.39 Å². The summed E-state index contributed by atoms with van der Waals surface area (Å²) < 4.78 is 13.6. The molecule has 0 N–H and O–H groups in total. The summed E-state index contributed by atoms with van der Waals surface area (Å²) in [5.41, 5.74) is 1.25. The van der Waals surface area contributed by atoms with Crippen molar-refractivity contribution >= 4 is 0 Å². The minimum absolute atomic E-state index is 0.0629. The van der Waals surface area contributed by atoms with Crippen LogP contribution in [0.5, 0.6) is 0 Å². The fraction of sp³-hybridized carbons (Fsp3) is 0.778. The summed E-state index contributed by atoms with van der Waals surface area (Å²) in [5.74, 6) is 5.49. The minimum Gasteiger partial charge on any atom is -0.207 e. The fourth-order valence-electron chi connectivity index (χ4n) is 7.00. The molecule has 1 aromatic carbocycles. The second-order valence-electron chi connectivity index (χ2n) is 10.5. The third-order valence-corrected chi connectivity index (χ3v) is 8.69. The molecule has 4 atom stereocenters. The van der Waals surface area contributed by atoms with Crippen molar-refractivity contribution in [1.82, 2.24) is 0 Å². The Morgan fingerprint density at radius 2 is 1.39 bits per heavy atom. The lowest BCUT2D eigenvalue weighted by atomic mass is 9.63. The maximum atomic E-state index is 13.6. The molecule has 0 spiro atoms. The largest absolute Gasteiger partial charge is 0.207 e. The molecule has 0 aliphatic heterocycles. The van der Waals surface area contributed by atoms with E-state index in [0.717, 1.165) is 29.6 Å². The molecule has 3 aliphatic carbocycles. The SMILES string of the molecule is CCCC1CCC(CCC2CCC3CC(c4cccc(F)c4)CCC3C2)CC1. The Balaban J connectivity index is 1.20. The molecule has 1 heteroatoms. The molecule has 0 radical (unpaired) electrons. The van der Waals surface area contributed by atoms with E-state index < -0.39 is 0 Å². The predicted molar refractivity (Wildman–Crippen MR) is 117 cm³/mol. The van der Waals surface area contributed by atoms with Crippen LogP contribution in [0.4, 0.5) is 4.39 Å². The highest BCUT2D eigenvalue weighted by molar-refractivity contribution is 5.21. The van der Waals surface area contributed by atoms with Gasteiger partial charge in [-0.3, -0.25) is 0 Å². The molecule has 4 unspecified atom stereocenters. The van der Waals surface area contributed by atoms with Gasteiger partial charge in [0, 0.05) is 0 Å². The van der Waals surface area contributed by atoms with Gasteiger partial charge in [0.05, 0.1) is 0 Å². The number of hydrogen-bond acceptors (Lipinski definition) is 0. The predicted octanol–water partition coefficient (Wildman–Crippen LogP) is 8.51. The third-order valence-electron chi connectivity index (χ3n) is 8.69. The van der Waals surface area contributed by atoms with E-state index in [1.54, 1.807) is 12.1 Å². The van der Waals surface area contributed by atoms with Crippen LogP contribution in [0, 0.1) is 35.4 Å². The van der Waals surface area contributed by atoms with Crippen molar-refractivity contribution in [2.24, 2.45) is 29.6 Å². The standard InChI is InChI=1S/C27H41F/c1-2-4-20-7-9-21(10-8-20)11-12-22-13-14-25-18-26(16-15-24(25)17-22)23-5-3-6-27(28)19-23/h3,5-6,19-22,24-26H,2,4,7-18H2,1H3. The molecule has 3 saturated carbocycles. The first-order valence-electron chi connectivity index (χ1n) is 12.5. The maximum absolute atomic E-state index is 13.6. The van der Waals surface area contributed by atoms with E-state index in [9.17, 15) is 4.39 Å². The van der Waals surface area contributed by atoms with Gasteiger partial charge in [-0.2, -0.15) is 0 Å². The summed E-state index contributed by atoms with van der Waals surface area (Å²) in [6.45, 7) is 2.34. The van der Waals surface area contributed by atoms with E-state index in [1.165, 1.54) is 95.5 Å². The second-order valence-corrected chi connectivity index (χ2v) is 10.5. The molecule has 0 amide bonds. The third kappa shape index (κ3) is 5.19. The molecular formula is C27H41F. The van der Waals surface area contributed by atoms with Gasteiger partial charge in [-0.1, -0.05) is 76.8 Å². The minimum atomic E-state index is -0.0629. The summed E-state index contributed by atoms with van der Waals surface area (Å²) in [6.07, 6.45) is 20.2. The normalized spacial score (nSPS) is 36.1. The Bertz CT molecular complexity index is 600. The summed E-state index contributed by atoms with van der Waals surface area (Å²) in [7, 11) is 0. The Morgan fingerprint density at radius 1 is 0.750 bits per heavy atom. The van der Waals surface area contributed by atoms with Crippen molar-refractivity contribution in [3.63, 3.8) is 0 Å². The maximum Gasteiger partial charge on any atom is 0.123 e. The Morgan fingerprint density at radius 3 is 2.14 bits per heavy atom. The van der Waals surface area contributed by atoms with Crippen molar-refractivity contribution in [2.75, 3.05) is 0 Å². The van der Waals surface area contributed by atoms with Crippen LogP contribution >= 0.6 is 0 Å². The number of hydrogen-bond donors (Lipinski definition) is 0. The topological polar surface area (TPSA) is 0 Å². The molecule has 0 heterocycles. The first-order chi connectivity index (χ1) is 13.7. The average Bonchev–Trinajstić information content (AvgIpc) is 2.73. The highest BCUT2D eigenvalue weighted by atomic mass is 19.1. The van der Waals surface area contributed by atoms with Crippen LogP contribution in [0.15, 0.2) is 24.3 Å². The zero-order chi connectivity index (χ0) is 19.3. The second kappa shape index (κ2) is 9.77.